The number of likely N-dealkylation sites (N-methyl/N-ethyl adjacent to an activating group) is 1. The van der Waals surface area contributed by atoms with E-state index in [0.717, 1.165) is 18.7 Å². The predicted octanol–water partition coefficient (Wildman–Crippen LogP) is 3.62. The normalized spacial score (nSPS) is 13.9. The first-order valence-electron chi connectivity index (χ1n) is 6.55. The lowest BCUT2D eigenvalue weighted by Gasteiger charge is -2.43. The minimum Gasteiger partial charge on any atom is -0.297 e. The van der Waals surface area contributed by atoms with E-state index in [1.807, 2.05) is 12.1 Å². The second-order valence-electron chi connectivity index (χ2n) is 5.07. The molecular weight excluding hydrogens is 281 g/mol. The molecule has 19 heavy (non-hydrogen) atoms. The van der Waals surface area contributed by atoms with Crippen molar-refractivity contribution < 1.29 is 0 Å². The first-order chi connectivity index (χ1) is 8.89. The molecule has 0 heterocycles. The number of hydrazine groups is 1. The molecule has 0 aliphatic carbocycles. The highest BCUT2D eigenvalue weighted by Gasteiger charge is 2.35. The standard InChI is InChI=1S/C14H23Cl2N3/c1-5-19(6-2)14(3,4)13(18-17)10-8-7-9-11(15)12(10)16/h7-9,13,18H,5-6,17H2,1-4H3. The summed E-state index contributed by atoms with van der Waals surface area (Å²) in [6.45, 7) is 10.5. The molecule has 108 valence electrons. The number of halogens is 2. The Labute approximate surface area is 126 Å². The number of nitrogens with one attached hydrogen (secondary N) is 1. The summed E-state index contributed by atoms with van der Waals surface area (Å²) >= 11 is 12.4. The van der Waals surface area contributed by atoms with Gasteiger partial charge in [0.2, 0.25) is 0 Å². The lowest BCUT2D eigenvalue weighted by Crippen LogP contribution is -2.54. The van der Waals surface area contributed by atoms with Crippen molar-refractivity contribution in [3.8, 4) is 0 Å². The Bertz CT molecular complexity index is 417. The summed E-state index contributed by atoms with van der Waals surface area (Å²) in [7, 11) is 0. The Morgan fingerprint density at radius 1 is 1.26 bits per heavy atom. The number of nitrogens with zero attached hydrogens (tertiary/aromatic N) is 1. The fourth-order valence-electron chi connectivity index (χ4n) is 2.64. The zero-order chi connectivity index (χ0) is 14.6. The molecule has 1 unspecified atom stereocenters. The van der Waals surface area contributed by atoms with Gasteiger partial charge in [0.25, 0.3) is 0 Å². The second kappa shape index (κ2) is 6.91. The lowest BCUT2D eigenvalue weighted by atomic mass is 9.87. The van der Waals surface area contributed by atoms with Gasteiger partial charge in [-0.2, -0.15) is 0 Å². The highest BCUT2D eigenvalue weighted by Crippen LogP contribution is 2.37. The Morgan fingerprint density at radius 2 is 1.84 bits per heavy atom. The van der Waals surface area contributed by atoms with Crippen LogP contribution >= 0.6 is 23.2 Å². The molecule has 1 aromatic rings. The van der Waals surface area contributed by atoms with Crippen LogP contribution in [0.3, 0.4) is 0 Å². The van der Waals surface area contributed by atoms with Crippen molar-refractivity contribution in [1.29, 1.82) is 0 Å². The van der Waals surface area contributed by atoms with Gasteiger partial charge >= 0.3 is 0 Å². The molecule has 5 heteroatoms. The van der Waals surface area contributed by atoms with Crippen molar-refractivity contribution in [1.82, 2.24) is 10.3 Å². The summed E-state index contributed by atoms with van der Waals surface area (Å²) in [4.78, 5) is 2.34. The lowest BCUT2D eigenvalue weighted by molar-refractivity contribution is 0.0913. The summed E-state index contributed by atoms with van der Waals surface area (Å²) in [6.07, 6.45) is 0. The van der Waals surface area contributed by atoms with Crippen molar-refractivity contribution in [2.45, 2.75) is 39.3 Å². The van der Waals surface area contributed by atoms with Crippen LogP contribution in [0.25, 0.3) is 0 Å². The van der Waals surface area contributed by atoms with Crippen LogP contribution in [-0.2, 0) is 0 Å². The summed E-state index contributed by atoms with van der Waals surface area (Å²) < 4.78 is 0. The maximum absolute atomic E-state index is 6.32. The molecule has 3 N–H and O–H groups in total. The first-order valence-corrected chi connectivity index (χ1v) is 7.30. The minimum atomic E-state index is -0.174. The topological polar surface area (TPSA) is 41.3 Å². The third-order valence-corrected chi connectivity index (χ3v) is 4.58. The summed E-state index contributed by atoms with van der Waals surface area (Å²) in [5, 5.41) is 1.11. The van der Waals surface area contributed by atoms with E-state index in [4.69, 9.17) is 29.0 Å². The van der Waals surface area contributed by atoms with Gasteiger partial charge in [-0.1, -0.05) is 49.2 Å². The molecule has 0 fully saturated rings. The summed E-state index contributed by atoms with van der Waals surface area (Å²) in [6, 6.07) is 5.54. The van der Waals surface area contributed by atoms with E-state index in [9.17, 15) is 0 Å². The molecule has 0 spiro atoms. The zero-order valence-electron chi connectivity index (χ0n) is 12.0. The number of nitrogens with two attached hydrogens (primary N) is 1. The van der Waals surface area contributed by atoms with E-state index >= 15 is 0 Å². The van der Waals surface area contributed by atoms with Gasteiger partial charge in [-0.05, 0) is 38.6 Å². The molecule has 0 amide bonds. The van der Waals surface area contributed by atoms with E-state index in [1.165, 1.54) is 0 Å². The molecule has 1 atom stereocenters. The van der Waals surface area contributed by atoms with Crippen molar-refractivity contribution in [3.63, 3.8) is 0 Å². The van der Waals surface area contributed by atoms with Gasteiger partial charge < -0.3 is 0 Å². The van der Waals surface area contributed by atoms with Crippen LogP contribution in [0.1, 0.15) is 39.3 Å². The fourth-order valence-corrected chi connectivity index (χ4v) is 3.06. The molecule has 1 aromatic carbocycles. The van der Waals surface area contributed by atoms with Gasteiger partial charge in [0.05, 0.1) is 16.1 Å². The fraction of sp³-hybridized carbons (Fsp3) is 0.571. The van der Waals surface area contributed by atoms with E-state index in [0.29, 0.717) is 10.0 Å². The van der Waals surface area contributed by atoms with E-state index in [-0.39, 0.29) is 11.6 Å². The van der Waals surface area contributed by atoms with Gasteiger partial charge in [-0.25, -0.2) is 0 Å². The van der Waals surface area contributed by atoms with Gasteiger partial charge in [-0.15, -0.1) is 0 Å². The number of hydrogen-bond donors (Lipinski definition) is 2. The van der Waals surface area contributed by atoms with E-state index in [2.05, 4.69) is 38.0 Å². The zero-order valence-corrected chi connectivity index (χ0v) is 13.5. The van der Waals surface area contributed by atoms with Gasteiger partial charge in [0.15, 0.2) is 0 Å². The third kappa shape index (κ3) is 3.41. The Hall–Kier alpha value is -0.320. The summed E-state index contributed by atoms with van der Waals surface area (Å²) in [5.74, 6) is 5.78. The third-order valence-electron chi connectivity index (χ3n) is 3.74. The second-order valence-corrected chi connectivity index (χ2v) is 5.85. The molecule has 0 radical (unpaired) electrons. The first kappa shape index (κ1) is 16.7. The van der Waals surface area contributed by atoms with Crippen LogP contribution in [0, 0.1) is 0 Å². The van der Waals surface area contributed by atoms with E-state index < -0.39 is 0 Å². The number of benzene rings is 1. The maximum Gasteiger partial charge on any atom is 0.0653 e. The molecule has 0 aromatic heterocycles. The van der Waals surface area contributed by atoms with Gasteiger partial charge in [0.1, 0.15) is 0 Å². The van der Waals surface area contributed by atoms with Gasteiger partial charge in [-0.3, -0.25) is 16.2 Å². The predicted molar refractivity (Wildman–Crippen MR) is 83.5 cm³/mol. The van der Waals surface area contributed by atoms with Crippen LogP contribution in [0.15, 0.2) is 18.2 Å². The molecule has 0 aliphatic heterocycles. The van der Waals surface area contributed by atoms with Crippen LogP contribution in [0.4, 0.5) is 0 Å². The maximum atomic E-state index is 6.32. The minimum absolute atomic E-state index is 0.0985. The van der Waals surface area contributed by atoms with Crippen LogP contribution < -0.4 is 11.3 Å². The highest BCUT2D eigenvalue weighted by molar-refractivity contribution is 6.42. The highest BCUT2D eigenvalue weighted by atomic mass is 35.5. The molecule has 0 bridgehead atoms. The van der Waals surface area contributed by atoms with Crippen molar-refractivity contribution >= 4 is 23.2 Å². The summed E-state index contributed by atoms with van der Waals surface area (Å²) in [5.41, 5.74) is 3.64. The van der Waals surface area contributed by atoms with Crippen LogP contribution in [-0.4, -0.2) is 23.5 Å². The molecule has 3 nitrogen and oxygen atoms in total. The average Bonchev–Trinajstić information content (AvgIpc) is 2.36. The molecule has 1 rings (SSSR count). The van der Waals surface area contributed by atoms with Crippen molar-refractivity contribution in [2.24, 2.45) is 5.84 Å². The number of rotatable bonds is 6. The Kier molecular flexibility index (Phi) is 6.09. The van der Waals surface area contributed by atoms with Crippen LogP contribution in [0.5, 0.6) is 0 Å². The quantitative estimate of drug-likeness (QED) is 0.623. The molecule has 0 saturated heterocycles. The monoisotopic (exact) mass is 303 g/mol. The molecular formula is C14H23Cl2N3. The molecule has 0 saturated carbocycles. The van der Waals surface area contributed by atoms with Gasteiger partial charge in [0, 0.05) is 5.54 Å². The smallest absolute Gasteiger partial charge is 0.0653 e. The van der Waals surface area contributed by atoms with Crippen molar-refractivity contribution in [2.75, 3.05) is 13.1 Å². The average molecular weight is 304 g/mol. The number of hydrogen-bond acceptors (Lipinski definition) is 3. The largest absolute Gasteiger partial charge is 0.297 e. The SMILES string of the molecule is CCN(CC)C(C)(C)C(NN)c1cccc(Cl)c1Cl. The van der Waals surface area contributed by atoms with Crippen molar-refractivity contribution in [3.05, 3.63) is 33.8 Å². The molecule has 0 aliphatic rings. The Balaban J connectivity index is 3.22. The van der Waals surface area contributed by atoms with Crippen LogP contribution in [0.2, 0.25) is 10.0 Å². The van der Waals surface area contributed by atoms with E-state index in [1.54, 1.807) is 6.07 Å². The Morgan fingerprint density at radius 3 is 2.32 bits per heavy atom.